The van der Waals surface area contributed by atoms with Crippen molar-refractivity contribution in [2.45, 2.75) is 70.6 Å². The summed E-state index contributed by atoms with van der Waals surface area (Å²) in [4.78, 5) is 11.3. The third-order valence-electron chi connectivity index (χ3n) is 3.22. The maximum absolute atomic E-state index is 11.3. The van der Waals surface area contributed by atoms with Crippen molar-refractivity contribution in [3.63, 3.8) is 0 Å². The zero-order chi connectivity index (χ0) is 13.5. The first kappa shape index (κ1) is 18.0. The molecule has 0 aliphatic rings. The van der Waals surface area contributed by atoms with Crippen LogP contribution in [0.5, 0.6) is 0 Å². The average Bonchev–Trinajstić information content (AvgIpc) is 2.36. The summed E-state index contributed by atoms with van der Waals surface area (Å²) in [6.07, 6.45) is 15.7. The molecule has 0 aromatic rings. The first-order valence-electron chi connectivity index (χ1n) is 7.52. The number of Topliss-reactive ketones (excluding diaryl/α,β-unsaturated/α-hetero) is 1. The highest BCUT2D eigenvalue weighted by Gasteiger charge is 1.99. The van der Waals surface area contributed by atoms with E-state index in [2.05, 4.69) is 0 Å². The van der Waals surface area contributed by atoms with Gasteiger partial charge in [0.25, 0.3) is 0 Å². The lowest BCUT2D eigenvalue weighted by molar-refractivity contribution is -0.116. The minimum Gasteiger partial charge on any atom is -0.330 e. The van der Waals surface area contributed by atoms with Crippen molar-refractivity contribution in [1.29, 1.82) is 0 Å². The average molecular weight is 273 g/mol. The number of thioether (sulfide) groups is 1. The van der Waals surface area contributed by atoms with E-state index in [4.69, 9.17) is 5.73 Å². The van der Waals surface area contributed by atoms with E-state index in [1.165, 1.54) is 57.8 Å². The quantitative estimate of drug-likeness (QED) is 0.483. The molecule has 108 valence electrons. The lowest BCUT2D eigenvalue weighted by Crippen LogP contribution is -2.00. The summed E-state index contributed by atoms with van der Waals surface area (Å²) in [5, 5.41) is 0. The summed E-state index contributed by atoms with van der Waals surface area (Å²) < 4.78 is 0. The molecule has 0 aliphatic carbocycles. The highest BCUT2D eigenvalue weighted by molar-refractivity contribution is 7.99. The number of hydrogen-bond acceptors (Lipinski definition) is 3. The van der Waals surface area contributed by atoms with Crippen molar-refractivity contribution in [3.05, 3.63) is 0 Å². The van der Waals surface area contributed by atoms with Gasteiger partial charge >= 0.3 is 0 Å². The second kappa shape index (κ2) is 15.0. The molecule has 2 N–H and O–H groups in total. The van der Waals surface area contributed by atoms with E-state index in [1.807, 2.05) is 6.26 Å². The second-order valence-corrected chi connectivity index (χ2v) is 5.91. The van der Waals surface area contributed by atoms with Crippen molar-refractivity contribution in [2.24, 2.45) is 5.73 Å². The Morgan fingerprint density at radius 2 is 1.28 bits per heavy atom. The minimum absolute atomic E-state index is 0.419. The Labute approximate surface area is 117 Å². The Balaban J connectivity index is 3.01. The van der Waals surface area contributed by atoms with E-state index in [-0.39, 0.29) is 0 Å². The van der Waals surface area contributed by atoms with Crippen LogP contribution in [0.2, 0.25) is 0 Å². The van der Waals surface area contributed by atoms with Gasteiger partial charge < -0.3 is 5.73 Å². The van der Waals surface area contributed by atoms with Crippen molar-refractivity contribution in [1.82, 2.24) is 0 Å². The summed E-state index contributed by atoms with van der Waals surface area (Å²) in [5.74, 6) is 1.12. The number of rotatable bonds is 14. The Morgan fingerprint density at radius 1 is 0.833 bits per heavy atom. The number of carbonyl (C=O) groups is 1. The van der Waals surface area contributed by atoms with Gasteiger partial charge in [-0.15, -0.1) is 0 Å². The van der Waals surface area contributed by atoms with Gasteiger partial charge in [0, 0.05) is 6.42 Å². The van der Waals surface area contributed by atoms with Crippen molar-refractivity contribution >= 4 is 17.5 Å². The van der Waals surface area contributed by atoms with Crippen LogP contribution in [0.4, 0.5) is 0 Å². The smallest absolute Gasteiger partial charge is 0.142 e. The molecule has 0 spiro atoms. The van der Waals surface area contributed by atoms with Crippen LogP contribution < -0.4 is 5.73 Å². The van der Waals surface area contributed by atoms with Crippen LogP contribution in [-0.2, 0) is 4.79 Å². The highest BCUT2D eigenvalue weighted by atomic mass is 32.2. The number of ketones is 1. The largest absolute Gasteiger partial charge is 0.330 e. The molecule has 0 aliphatic heterocycles. The SMILES string of the molecule is CSCC(=O)CCCCCCCCCCCCN. The predicted octanol–water partition coefficient (Wildman–Crippen LogP) is 4.17. The second-order valence-electron chi connectivity index (χ2n) is 5.05. The molecule has 0 aromatic carbocycles. The van der Waals surface area contributed by atoms with Gasteiger partial charge in [-0.1, -0.05) is 51.4 Å². The molecular formula is C15H31NOS. The van der Waals surface area contributed by atoms with Gasteiger partial charge in [0.15, 0.2) is 0 Å². The number of carbonyl (C=O) groups excluding carboxylic acids is 1. The maximum atomic E-state index is 11.3. The highest BCUT2D eigenvalue weighted by Crippen LogP contribution is 2.11. The van der Waals surface area contributed by atoms with E-state index in [0.717, 1.165) is 19.4 Å². The summed E-state index contributed by atoms with van der Waals surface area (Å²) >= 11 is 1.64. The summed E-state index contributed by atoms with van der Waals surface area (Å²) in [5.41, 5.74) is 5.45. The molecule has 0 fully saturated rings. The van der Waals surface area contributed by atoms with Crippen LogP contribution in [-0.4, -0.2) is 24.3 Å². The molecule has 0 amide bonds. The molecule has 18 heavy (non-hydrogen) atoms. The van der Waals surface area contributed by atoms with Gasteiger partial charge in [-0.05, 0) is 25.6 Å². The topological polar surface area (TPSA) is 43.1 Å². The number of nitrogens with two attached hydrogens (primary N) is 1. The fourth-order valence-corrected chi connectivity index (χ4v) is 2.58. The molecule has 0 saturated heterocycles. The molecule has 0 radical (unpaired) electrons. The Morgan fingerprint density at radius 3 is 1.72 bits per heavy atom. The van der Waals surface area contributed by atoms with Crippen LogP contribution in [0.3, 0.4) is 0 Å². The van der Waals surface area contributed by atoms with Crippen molar-refractivity contribution in [2.75, 3.05) is 18.6 Å². The Hall–Kier alpha value is -0.0200. The van der Waals surface area contributed by atoms with Crippen molar-refractivity contribution in [3.8, 4) is 0 Å². The Bertz CT molecular complexity index is 185. The molecule has 0 rings (SSSR count). The fourth-order valence-electron chi connectivity index (χ4n) is 2.11. The van der Waals surface area contributed by atoms with Gasteiger partial charge in [0.2, 0.25) is 0 Å². The molecule has 0 heterocycles. The number of hydrogen-bond donors (Lipinski definition) is 1. The van der Waals surface area contributed by atoms with Crippen LogP contribution in [0.25, 0.3) is 0 Å². The van der Waals surface area contributed by atoms with E-state index >= 15 is 0 Å². The molecule has 0 aromatic heterocycles. The van der Waals surface area contributed by atoms with E-state index in [9.17, 15) is 4.79 Å². The van der Waals surface area contributed by atoms with E-state index < -0.39 is 0 Å². The van der Waals surface area contributed by atoms with Crippen molar-refractivity contribution < 1.29 is 4.79 Å². The summed E-state index contributed by atoms with van der Waals surface area (Å²) in [6.45, 7) is 0.843. The third-order valence-corrected chi connectivity index (χ3v) is 3.83. The first-order valence-corrected chi connectivity index (χ1v) is 8.91. The van der Waals surface area contributed by atoms with Gasteiger partial charge in [-0.25, -0.2) is 0 Å². The van der Waals surface area contributed by atoms with Crippen LogP contribution in [0.15, 0.2) is 0 Å². The molecule has 0 bridgehead atoms. The predicted molar refractivity (Wildman–Crippen MR) is 83.2 cm³/mol. The Kier molecular flexibility index (Phi) is 15.0. The summed E-state index contributed by atoms with van der Waals surface area (Å²) in [6, 6.07) is 0. The summed E-state index contributed by atoms with van der Waals surface area (Å²) in [7, 11) is 0. The molecule has 0 atom stereocenters. The lowest BCUT2D eigenvalue weighted by atomic mass is 10.1. The van der Waals surface area contributed by atoms with Crippen LogP contribution >= 0.6 is 11.8 Å². The van der Waals surface area contributed by atoms with Crippen LogP contribution in [0.1, 0.15) is 70.6 Å². The van der Waals surface area contributed by atoms with Gasteiger partial charge in [0.1, 0.15) is 5.78 Å². The van der Waals surface area contributed by atoms with E-state index in [0.29, 0.717) is 11.5 Å². The first-order chi connectivity index (χ1) is 8.81. The molecule has 0 saturated carbocycles. The van der Waals surface area contributed by atoms with Gasteiger partial charge in [0.05, 0.1) is 5.75 Å². The van der Waals surface area contributed by atoms with E-state index in [1.54, 1.807) is 11.8 Å². The molecule has 3 heteroatoms. The lowest BCUT2D eigenvalue weighted by Gasteiger charge is -2.02. The van der Waals surface area contributed by atoms with Crippen LogP contribution in [0, 0.1) is 0 Å². The van der Waals surface area contributed by atoms with Gasteiger partial charge in [-0.3, -0.25) is 4.79 Å². The molecular weight excluding hydrogens is 242 g/mol. The third kappa shape index (κ3) is 14.0. The zero-order valence-corrected chi connectivity index (χ0v) is 12.9. The minimum atomic E-state index is 0.419. The standard InChI is InChI=1S/C15H31NOS/c1-18-14-15(17)12-10-8-6-4-2-3-5-7-9-11-13-16/h2-14,16H2,1H3. The maximum Gasteiger partial charge on any atom is 0.142 e. The zero-order valence-electron chi connectivity index (χ0n) is 12.1. The molecule has 2 nitrogen and oxygen atoms in total. The molecule has 0 unspecified atom stereocenters. The monoisotopic (exact) mass is 273 g/mol. The normalized spacial score (nSPS) is 10.8. The fraction of sp³-hybridized carbons (Fsp3) is 0.933. The van der Waals surface area contributed by atoms with Gasteiger partial charge in [-0.2, -0.15) is 11.8 Å². The number of unbranched alkanes of at least 4 members (excludes halogenated alkanes) is 9.